The summed E-state index contributed by atoms with van der Waals surface area (Å²) >= 11 is 5.00. The third-order valence-corrected chi connectivity index (χ3v) is 4.86. The first-order chi connectivity index (χ1) is 11.6. The van der Waals surface area contributed by atoms with Gasteiger partial charge in [-0.2, -0.15) is 0 Å². The smallest absolute Gasteiger partial charge is 0.331 e. The Balaban J connectivity index is 1.60. The fourth-order valence-electron chi connectivity index (χ4n) is 1.94. The van der Waals surface area contributed by atoms with Gasteiger partial charge in [0.1, 0.15) is 0 Å². The van der Waals surface area contributed by atoms with Gasteiger partial charge in [-0.05, 0) is 58.1 Å². The first-order valence-electron chi connectivity index (χ1n) is 7.09. The highest BCUT2D eigenvalue weighted by Crippen LogP contribution is 2.26. The molecule has 0 atom stereocenters. The van der Waals surface area contributed by atoms with Crippen LogP contribution in [-0.2, 0) is 16.1 Å². The van der Waals surface area contributed by atoms with E-state index in [2.05, 4.69) is 26.1 Å². The predicted molar refractivity (Wildman–Crippen MR) is 95.3 cm³/mol. The molecule has 7 heteroatoms. The molecule has 2 heterocycles. The van der Waals surface area contributed by atoms with Crippen molar-refractivity contribution in [2.24, 2.45) is 0 Å². The number of rotatable bonds is 5. The number of nitrogens with zero attached hydrogens (tertiary/aromatic N) is 2. The second-order valence-corrected chi connectivity index (χ2v) is 6.69. The number of esters is 1. The van der Waals surface area contributed by atoms with Crippen molar-refractivity contribution in [1.82, 2.24) is 10.2 Å². The van der Waals surface area contributed by atoms with Crippen LogP contribution in [0.3, 0.4) is 0 Å². The van der Waals surface area contributed by atoms with E-state index in [4.69, 9.17) is 9.15 Å². The van der Waals surface area contributed by atoms with Crippen molar-refractivity contribution in [1.29, 1.82) is 0 Å². The molecule has 5 nitrogen and oxygen atoms in total. The van der Waals surface area contributed by atoms with Gasteiger partial charge in [0.2, 0.25) is 5.89 Å². The van der Waals surface area contributed by atoms with Gasteiger partial charge in [-0.25, -0.2) is 4.79 Å². The highest BCUT2D eigenvalue weighted by atomic mass is 79.9. The lowest BCUT2D eigenvalue weighted by Crippen LogP contribution is -2.00. The Morgan fingerprint density at radius 1 is 1.33 bits per heavy atom. The van der Waals surface area contributed by atoms with Crippen LogP contribution in [0.15, 0.2) is 50.7 Å². The highest BCUT2D eigenvalue weighted by molar-refractivity contribution is 9.10. The van der Waals surface area contributed by atoms with Gasteiger partial charge in [-0.15, -0.1) is 21.5 Å². The Morgan fingerprint density at radius 3 is 2.92 bits per heavy atom. The average Bonchev–Trinajstić information content (AvgIpc) is 3.20. The molecule has 3 rings (SSSR count). The molecule has 0 bridgehead atoms. The molecule has 0 aliphatic carbocycles. The molecular formula is C17H13BrN2O3S. The van der Waals surface area contributed by atoms with E-state index in [9.17, 15) is 4.79 Å². The fourth-order valence-corrected chi connectivity index (χ4v) is 3.21. The van der Waals surface area contributed by atoms with Gasteiger partial charge in [0.05, 0.1) is 5.56 Å². The van der Waals surface area contributed by atoms with Crippen LogP contribution in [0.25, 0.3) is 17.5 Å². The number of hydrogen-bond donors (Lipinski definition) is 0. The van der Waals surface area contributed by atoms with E-state index >= 15 is 0 Å². The van der Waals surface area contributed by atoms with Crippen molar-refractivity contribution in [2.45, 2.75) is 13.5 Å². The van der Waals surface area contributed by atoms with Crippen LogP contribution in [0, 0.1) is 6.92 Å². The fraction of sp³-hybridized carbons (Fsp3) is 0.118. The SMILES string of the molecule is Cc1ccsc1/C=C/C(=O)OCc1nnc(-c2ccccc2Br)o1. The minimum Gasteiger partial charge on any atom is -0.452 e. The first-order valence-corrected chi connectivity index (χ1v) is 8.77. The lowest BCUT2D eigenvalue weighted by atomic mass is 10.2. The Kier molecular flexibility index (Phi) is 5.22. The van der Waals surface area contributed by atoms with Crippen molar-refractivity contribution in [3.63, 3.8) is 0 Å². The number of carbonyl (C=O) groups is 1. The van der Waals surface area contributed by atoms with E-state index in [1.54, 1.807) is 17.4 Å². The number of hydrogen-bond acceptors (Lipinski definition) is 6. The van der Waals surface area contributed by atoms with Crippen molar-refractivity contribution < 1.29 is 13.9 Å². The first kappa shape index (κ1) is 16.6. The molecule has 0 saturated carbocycles. The number of aryl methyl sites for hydroxylation is 1. The summed E-state index contributed by atoms with van der Waals surface area (Å²) in [5, 5.41) is 9.84. The molecule has 122 valence electrons. The second-order valence-electron chi connectivity index (χ2n) is 4.89. The Bertz CT molecular complexity index is 885. The van der Waals surface area contributed by atoms with Crippen LogP contribution in [0.2, 0.25) is 0 Å². The Morgan fingerprint density at radius 2 is 2.17 bits per heavy atom. The van der Waals surface area contributed by atoms with Crippen LogP contribution >= 0.6 is 27.3 Å². The number of benzene rings is 1. The molecular weight excluding hydrogens is 392 g/mol. The minimum absolute atomic E-state index is 0.0654. The highest BCUT2D eigenvalue weighted by Gasteiger charge is 2.12. The van der Waals surface area contributed by atoms with E-state index in [1.165, 1.54) is 6.08 Å². The van der Waals surface area contributed by atoms with Gasteiger partial charge in [0.25, 0.3) is 5.89 Å². The normalized spacial score (nSPS) is 11.1. The zero-order chi connectivity index (χ0) is 16.9. The van der Waals surface area contributed by atoms with Crippen molar-refractivity contribution in [3.8, 4) is 11.5 Å². The summed E-state index contributed by atoms with van der Waals surface area (Å²) in [6, 6.07) is 9.52. The number of ether oxygens (including phenoxy) is 1. The van der Waals surface area contributed by atoms with Gasteiger partial charge in [0.15, 0.2) is 6.61 Å². The molecule has 3 aromatic rings. The molecule has 0 aliphatic heterocycles. The average molecular weight is 405 g/mol. The summed E-state index contributed by atoms with van der Waals surface area (Å²) in [5.74, 6) is 0.163. The zero-order valence-corrected chi connectivity index (χ0v) is 15.1. The van der Waals surface area contributed by atoms with Crippen LogP contribution in [0.5, 0.6) is 0 Å². The lowest BCUT2D eigenvalue weighted by molar-refractivity contribution is -0.139. The lowest BCUT2D eigenvalue weighted by Gasteiger charge is -1.98. The second kappa shape index (κ2) is 7.55. The van der Waals surface area contributed by atoms with Gasteiger partial charge in [0, 0.05) is 15.4 Å². The molecule has 0 spiro atoms. The molecule has 0 saturated heterocycles. The molecule has 1 aromatic carbocycles. The standard InChI is InChI=1S/C17H13BrN2O3S/c1-11-8-9-24-14(11)6-7-16(21)22-10-15-19-20-17(23-15)12-4-2-3-5-13(12)18/h2-9H,10H2,1H3/b7-6+. The Hall–Kier alpha value is -2.25. The van der Waals surface area contributed by atoms with Gasteiger partial charge >= 0.3 is 5.97 Å². The molecule has 0 aliphatic rings. The van der Waals surface area contributed by atoms with E-state index in [1.807, 2.05) is 42.6 Å². The number of aromatic nitrogens is 2. The van der Waals surface area contributed by atoms with E-state index in [0.717, 1.165) is 20.5 Å². The summed E-state index contributed by atoms with van der Waals surface area (Å²) in [4.78, 5) is 12.8. The Labute approximate surface area is 151 Å². The van der Waals surface area contributed by atoms with Crippen molar-refractivity contribution in [3.05, 3.63) is 62.6 Å². The molecule has 0 N–H and O–H groups in total. The molecule has 24 heavy (non-hydrogen) atoms. The van der Waals surface area contributed by atoms with Crippen molar-refractivity contribution in [2.75, 3.05) is 0 Å². The number of thiophene rings is 1. The summed E-state index contributed by atoms with van der Waals surface area (Å²) in [6.45, 7) is 1.92. The van der Waals surface area contributed by atoms with E-state index in [-0.39, 0.29) is 12.5 Å². The zero-order valence-electron chi connectivity index (χ0n) is 12.7. The third-order valence-electron chi connectivity index (χ3n) is 3.18. The summed E-state index contributed by atoms with van der Waals surface area (Å²) in [7, 11) is 0. The topological polar surface area (TPSA) is 65.2 Å². The van der Waals surface area contributed by atoms with E-state index < -0.39 is 5.97 Å². The number of halogens is 1. The molecule has 0 amide bonds. The van der Waals surface area contributed by atoms with Crippen LogP contribution in [0.1, 0.15) is 16.3 Å². The molecule has 0 fully saturated rings. The van der Waals surface area contributed by atoms with Crippen LogP contribution in [0.4, 0.5) is 0 Å². The monoisotopic (exact) mass is 404 g/mol. The minimum atomic E-state index is -0.455. The summed E-state index contributed by atoms with van der Waals surface area (Å²) < 4.78 is 11.5. The largest absolute Gasteiger partial charge is 0.452 e. The van der Waals surface area contributed by atoms with E-state index in [0.29, 0.717) is 5.89 Å². The molecule has 0 unspecified atom stereocenters. The van der Waals surface area contributed by atoms with Gasteiger partial charge < -0.3 is 9.15 Å². The third kappa shape index (κ3) is 3.98. The maximum absolute atomic E-state index is 11.8. The molecule has 0 radical (unpaired) electrons. The van der Waals surface area contributed by atoms with Crippen LogP contribution in [-0.4, -0.2) is 16.2 Å². The summed E-state index contributed by atoms with van der Waals surface area (Å²) in [6.07, 6.45) is 3.13. The van der Waals surface area contributed by atoms with Gasteiger partial charge in [-0.1, -0.05) is 12.1 Å². The maximum atomic E-state index is 11.8. The molecule has 2 aromatic heterocycles. The van der Waals surface area contributed by atoms with Gasteiger partial charge in [-0.3, -0.25) is 0 Å². The quantitative estimate of drug-likeness (QED) is 0.458. The van der Waals surface area contributed by atoms with Crippen LogP contribution < -0.4 is 0 Å². The summed E-state index contributed by atoms with van der Waals surface area (Å²) in [5.41, 5.74) is 1.91. The van der Waals surface area contributed by atoms with Crippen molar-refractivity contribution >= 4 is 39.3 Å². The number of carbonyl (C=O) groups excluding carboxylic acids is 1. The predicted octanol–water partition coefficient (Wildman–Crippen LogP) is 4.63. The maximum Gasteiger partial charge on any atom is 0.331 e.